The maximum atomic E-state index is 14.5. The predicted octanol–water partition coefficient (Wildman–Crippen LogP) is 4.87. The van der Waals surface area contributed by atoms with E-state index in [2.05, 4.69) is 15.6 Å². The third-order valence-electron chi connectivity index (χ3n) is 5.36. The second kappa shape index (κ2) is 9.23. The molecule has 3 aromatic rings. The molecule has 2 aromatic carbocycles. The topological polar surface area (TPSA) is 106 Å². The molecule has 4 rings (SSSR count). The molecule has 1 aromatic heterocycles. The molecule has 0 atom stereocenters. The summed E-state index contributed by atoms with van der Waals surface area (Å²) in [7, 11) is 0. The van der Waals surface area contributed by atoms with Crippen LogP contribution in [0.4, 0.5) is 26.0 Å². The van der Waals surface area contributed by atoms with Crippen LogP contribution in [0.2, 0.25) is 0 Å². The number of amides is 2. The van der Waals surface area contributed by atoms with Gasteiger partial charge in [0.25, 0.3) is 0 Å². The molecule has 9 heteroatoms. The van der Waals surface area contributed by atoms with Crippen LogP contribution in [-0.4, -0.2) is 16.8 Å². The summed E-state index contributed by atoms with van der Waals surface area (Å²) >= 11 is 0. The number of carbonyl (C=O) groups excluding carboxylic acids is 2. The number of ether oxygens (including phenoxy) is 1. The summed E-state index contributed by atoms with van der Waals surface area (Å²) in [6.07, 6.45) is 3.17. The van der Waals surface area contributed by atoms with Gasteiger partial charge in [-0.05, 0) is 60.7 Å². The van der Waals surface area contributed by atoms with Crippen LogP contribution in [-0.2, 0) is 9.59 Å². The summed E-state index contributed by atoms with van der Waals surface area (Å²) < 4.78 is 33.0. The number of nitrogen functional groups attached to an aromatic ring is 1. The average molecular weight is 452 g/mol. The molecule has 33 heavy (non-hydrogen) atoms. The van der Waals surface area contributed by atoms with Crippen molar-refractivity contribution < 1.29 is 23.1 Å². The first-order valence-corrected chi connectivity index (χ1v) is 10.3. The lowest BCUT2D eigenvalue weighted by molar-refractivity contribution is -0.119. The summed E-state index contributed by atoms with van der Waals surface area (Å²) in [5.74, 6) is -0.746. The summed E-state index contributed by atoms with van der Waals surface area (Å²) in [6, 6.07) is 12.7. The summed E-state index contributed by atoms with van der Waals surface area (Å²) in [6.45, 7) is 0. The normalized spacial score (nSPS) is 13.8. The highest BCUT2D eigenvalue weighted by atomic mass is 19.1. The van der Waals surface area contributed by atoms with Gasteiger partial charge in [-0.2, -0.15) is 0 Å². The van der Waals surface area contributed by atoms with Crippen molar-refractivity contribution in [1.29, 1.82) is 0 Å². The van der Waals surface area contributed by atoms with E-state index in [1.54, 1.807) is 6.07 Å². The lowest BCUT2D eigenvalue weighted by Gasteiger charge is -2.15. The van der Waals surface area contributed by atoms with E-state index in [0.29, 0.717) is 11.4 Å². The maximum Gasteiger partial charge on any atom is 0.225 e. The molecule has 1 aliphatic carbocycles. The molecule has 4 N–H and O–H groups in total. The van der Waals surface area contributed by atoms with Crippen LogP contribution in [0, 0.1) is 17.0 Å². The molecule has 0 spiro atoms. The first-order valence-electron chi connectivity index (χ1n) is 10.3. The number of hydrogen-bond donors (Lipinski definition) is 3. The van der Waals surface area contributed by atoms with Gasteiger partial charge in [0.15, 0.2) is 0 Å². The van der Waals surface area contributed by atoms with Gasteiger partial charge in [0.05, 0.1) is 5.69 Å². The molecular weight excluding hydrogens is 430 g/mol. The quantitative estimate of drug-likeness (QED) is 0.452. The molecule has 1 saturated carbocycles. The first-order chi connectivity index (χ1) is 15.8. The van der Waals surface area contributed by atoms with E-state index in [4.69, 9.17) is 10.5 Å². The molecule has 1 heterocycles. The van der Waals surface area contributed by atoms with Crippen LogP contribution in [0.25, 0.3) is 0 Å². The minimum absolute atomic E-state index is 0.0214. The molecule has 7 nitrogen and oxygen atoms in total. The van der Waals surface area contributed by atoms with Crippen LogP contribution >= 0.6 is 0 Å². The molecule has 2 amide bonds. The fraction of sp³-hybridized carbons (Fsp3) is 0.208. The lowest BCUT2D eigenvalue weighted by atomic mass is 9.97. The van der Waals surface area contributed by atoms with Crippen molar-refractivity contribution in [2.24, 2.45) is 5.41 Å². The van der Waals surface area contributed by atoms with Crippen molar-refractivity contribution in [1.82, 2.24) is 4.98 Å². The predicted molar refractivity (Wildman–Crippen MR) is 120 cm³/mol. The van der Waals surface area contributed by atoms with Crippen molar-refractivity contribution >= 4 is 29.0 Å². The minimum Gasteiger partial charge on any atom is -0.457 e. The van der Waals surface area contributed by atoms with Crippen LogP contribution in [0.15, 0.2) is 60.8 Å². The Bertz CT molecular complexity index is 1180. The standard InChI is InChI=1S/C24H22F2N4O3/c25-15-1-3-16(4-2-15)29-22(31)13-24(8-9-24)14-23(32)30-20-6-5-17(11-19(20)26)33-18-7-10-28-21(27)12-18/h1-7,10-12H,8-9,13-14H2,(H2,27,28)(H,29,31)(H,30,32). The van der Waals surface area contributed by atoms with Crippen molar-refractivity contribution in [3.63, 3.8) is 0 Å². The SMILES string of the molecule is Nc1cc(Oc2ccc(NC(=O)CC3(CC(=O)Nc4ccc(F)cc4)CC3)c(F)c2)ccn1. The molecule has 1 aliphatic rings. The number of pyridine rings is 1. The second-order valence-corrected chi connectivity index (χ2v) is 8.12. The number of aromatic nitrogens is 1. The monoisotopic (exact) mass is 452 g/mol. The molecule has 1 fully saturated rings. The van der Waals surface area contributed by atoms with Gasteiger partial charge in [-0.15, -0.1) is 0 Å². The first kappa shape index (κ1) is 22.2. The summed E-state index contributed by atoms with van der Waals surface area (Å²) in [5, 5.41) is 5.27. The van der Waals surface area contributed by atoms with E-state index < -0.39 is 17.0 Å². The van der Waals surface area contributed by atoms with Gasteiger partial charge in [-0.3, -0.25) is 9.59 Å². The number of nitrogens with zero attached hydrogens (tertiary/aromatic N) is 1. The van der Waals surface area contributed by atoms with E-state index in [9.17, 15) is 18.4 Å². The smallest absolute Gasteiger partial charge is 0.225 e. The fourth-order valence-electron chi connectivity index (χ4n) is 3.50. The molecular formula is C24H22F2N4O3. The van der Waals surface area contributed by atoms with Crippen LogP contribution in [0.1, 0.15) is 25.7 Å². The van der Waals surface area contributed by atoms with Crippen LogP contribution in [0.3, 0.4) is 0 Å². The van der Waals surface area contributed by atoms with Crippen molar-refractivity contribution in [3.05, 3.63) is 72.4 Å². The van der Waals surface area contributed by atoms with Gasteiger partial charge in [0.2, 0.25) is 11.8 Å². The molecule has 170 valence electrons. The zero-order valence-electron chi connectivity index (χ0n) is 17.6. The molecule has 0 unspecified atom stereocenters. The molecule has 0 aliphatic heterocycles. The van der Waals surface area contributed by atoms with Gasteiger partial charge in [0, 0.05) is 36.9 Å². The third-order valence-corrected chi connectivity index (χ3v) is 5.36. The number of halogens is 2. The molecule has 0 bridgehead atoms. The Morgan fingerprint density at radius 3 is 2.24 bits per heavy atom. The second-order valence-electron chi connectivity index (χ2n) is 8.12. The van der Waals surface area contributed by atoms with E-state index in [-0.39, 0.29) is 41.9 Å². The molecule has 0 radical (unpaired) electrons. The summed E-state index contributed by atoms with van der Waals surface area (Å²) in [5.41, 5.74) is 5.66. The number of benzene rings is 2. The zero-order chi connectivity index (χ0) is 23.4. The number of nitrogens with one attached hydrogen (secondary N) is 2. The largest absolute Gasteiger partial charge is 0.457 e. The minimum atomic E-state index is -0.651. The third kappa shape index (κ3) is 6.03. The van der Waals surface area contributed by atoms with Crippen molar-refractivity contribution in [2.75, 3.05) is 16.4 Å². The Balaban J connectivity index is 1.31. The number of hydrogen-bond acceptors (Lipinski definition) is 5. The Kier molecular flexibility index (Phi) is 6.21. The Morgan fingerprint density at radius 2 is 1.61 bits per heavy atom. The van der Waals surface area contributed by atoms with Crippen LogP contribution < -0.4 is 21.1 Å². The number of rotatable bonds is 8. The van der Waals surface area contributed by atoms with Crippen molar-refractivity contribution in [3.8, 4) is 11.5 Å². The van der Waals surface area contributed by atoms with Gasteiger partial charge in [-0.1, -0.05) is 0 Å². The molecule has 0 saturated heterocycles. The van der Waals surface area contributed by atoms with E-state index >= 15 is 0 Å². The Labute approximate surface area is 189 Å². The number of carbonyl (C=O) groups is 2. The fourth-order valence-corrected chi connectivity index (χ4v) is 3.50. The number of nitrogens with two attached hydrogens (primary N) is 1. The maximum absolute atomic E-state index is 14.5. The van der Waals surface area contributed by atoms with Gasteiger partial charge >= 0.3 is 0 Å². The summed E-state index contributed by atoms with van der Waals surface area (Å²) in [4.78, 5) is 28.7. The van der Waals surface area contributed by atoms with E-state index in [1.807, 2.05) is 0 Å². The Hall–Kier alpha value is -4.01. The van der Waals surface area contributed by atoms with Gasteiger partial charge in [0.1, 0.15) is 29.0 Å². The highest BCUT2D eigenvalue weighted by Crippen LogP contribution is 2.52. The Morgan fingerprint density at radius 1 is 0.939 bits per heavy atom. The van der Waals surface area contributed by atoms with E-state index in [0.717, 1.165) is 18.9 Å². The lowest BCUT2D eigenvalue weighted by Crippen LogP contribution is -2.23. The highest BCUT2D eigenvalue weighted by molar-refractivity contribution is 5.94. The number of anilines is 3. The van der Waals surface area contributed by atoms with E-state index in [1.165, 1.54) is 48.7 Å². The van der Waals surface area contributed by atoms with Crippen LogP contribution in [0.5, 0.6) is 11.5 Å². The van der Waals surface area contributed by atoms with Gasteiger partial charge < -0.3 is 21.1 Å². The van der Waals surface area contributed by atoms with Crippen molar-refractivity contribution in [2.45, 2.75) is 25.7 Å². The van der Waals surface area contributed by atoms with Gasteiger partial charge in [-0.25, -0.2) is 13.8 Å². The average Bonchev–Trinajstić information content (AvgIpc) is 3.50. The zero-order valence-corrected chi connectivity index (χ0v) is 17.6. The highest BCUT2D eigenvalue weighted by Gasteiger charge is 2.45.